The van der Waals surface area contributed by atoms with E-state index >= 15 is 0 Å². The smallest absolute Gasteiger partial charge is 0.215 e. The van der Waals surface area contributed by atoms with Gasteiger partial charge >= 0.3 is 0 Å². The summed E-state index contributed by atoms with van der Waals surface area (Å²) in [4.78, 5) is 3.42. The van der Waals surface area contributed by atoms with Gasteiger partial charge in [0.1, 0.15) is 5.82 Å². The van der Waals surface area contributed by atoms with E-state index in [1.807, 2.05) is 0 Å². The highest BCUT2D eigenvalue weighted by Gasteiger charge is 1.96. The molecule has 1 aromatic heterocycles. The number of hydrazine groups is 1. The van der Waals surface area contributed by atoms with E-state index in [9.17, 15) is 4.39 Å². The molecule has 3 N–H and O–H groups in total. The summed E-state index contributed by atoms with van der Waals surface area (Å²) < 4.78 is 13.0. The monoisotopic (exact) mass is 205 g/mol. The molecule has 5 heteroatoms. The quantitative estimate of drug-likeness (QED) is 0.413. The lowest BCUT2D eigenvalue weighted by molar-refractivity contribution is 0.584. The van der Waals surface area contributed by atoms with E-state index in [0.29, 0.717) is 10.3 Å². The van der Waals surface area contributed by atoms with Crippen LogP contribution in [0.5, 0.6) is 0 Å². The molecule has 0 bridgehead atoms. The number of hydrogen-bond acceptors (Lipinski definition) is 3. The molecule has 1 aromatic rings. The SMILES string of the molecule is NNc1cc(Br)cc(F)n1. The molecule has 0 radical (unpaired) electrons. The van der Waals surface area contributed by atoms with Crippen molar-refractivity contribution in [3.8, 4) is 0 Å². The third-order valence-corrected chi connectivity index (χ3v) is 1.36. The molecule has 10 heavy (non-hydrogen) atoms. The van der Waals surface area contributed by atoms with Gasteiger partial charge in [0.25, 0.3) is 0 Å². The van der Waals surface area contributed by atoms with Crippen LogP contribution in [0.3, 0.4) is 0 Å². The van der Waals surface area contributed by atoms with Crippen molar-refractivity contribution < 1.29 is 4.39 Å². The molecule has 1 rings (SSSR count). The first kappa shape index (κ1) is 7.43. The highest BCUT2D eigenvalue weighted by molar-refractivity contribution is 9.10. The number of halogens is 2. The highest BCUT2D eigenvalue weighted by atomic mass is 79.9. The summed E-state index contributed by atoms with van der Waals surface area (Å²) in [7, 11) is 0. The summed E-state index contributed by atoms with van der Waals surface area (Å²) in [5, 5.41) is 0. The maximum Gasteiger partial charge on any atom is 0.215 e. The van der Waals surface area contributed by atoms with Crippen molar-refractivity contribution in [2.24, 2.45) is 5.84 Å². The fraction of sp³-hybridized carbons (Fsp3) is 0. The van der Waals surface area contributed by atoms with E-state index in [1.54, 1.807) is 6.07 Å². The molecular formula is C5H5BrFN3. The number of hydrogen-bond donors (Lipinski definition) is 2. The van der Waals surface area contributed by atoms with Gasteiger partial charge in [-0.2, -0.15) is 4.39 Å². The minimum atomic E-state index is -0.567. The van der Waals surface area contributed by atoms with Gasteiger partial charge < -0.3 is 5.43 Å². The average molecular weight is 206 g/mol. The Labute approximate surface area is 65.5 Å². The fourth-order valence-electron chi connectivity index (χ4n) is 0.540. The second kappa shape index (κ2) is 2.94. The second-order valence-electron chi connectivity index (χ2n) is 1.64. The molecule has 0 unspecified atom stereocenters. The first-order valence-electron chi connectivity index (χ1n) is 2.52. The zero-order valence-electron chi connectivity index (χ0n) is 4.94. The third-order valence-electron chi connectivity index (χ3n) is 0.907. The van der Waals surface area contributed by atoms with Crippen LogP contribution < -0.4 is 11.3 Å². The topological polar surface area (TPSA) is 50.9 Å². The molecule has 0 saturated carbocycles. The number of nitrogens with zero attached hydrogens (tertiary/aromatic N) is 1. The van der Waals surface area contributed by atoms with Crippen LogP contribution in [0.15, 0.2) is 16.6 Å². The fourth-order valence-corrected chi connectivity index (χ4v) is 0.945. The molecular weight excluding hydrogens is 201 g/mol. The van der Waals surface area contributed by atoms with Crippen LogP contribution in [0.2, 0.25) is 0 Å². The maximum atomic E-state index is 12.4. The second-order valence-corrected chi connectivity index (χ2v) is 2.55. The largest absolute Gasteiger partial charge is 0.308 e. The Morgan fingerprint density at radius 3 is 2.80 bits per heavy atom. The standard InChI is InChI=1S/C5H5BrFN3/c6-3-1-4(7)9-5(2-3)10-8/h1-2H,8H2,(H,9,10). The Morgan fingerprint density at radius 1 is 1.60 bits per heavy atom. The minimum Gasteiger partial charge on any atom is -0.308 e. The van der Waals surface area contributed by atoms with Crippen molar-refractivity contribution in [1.29, 1.82) is 0 Å². The molecule has 0 aliphatic carbocycles. The molecule has 54 valence electrons. The van der Waals surface area contributed by atoms with E-state index < -0.39 is 5.95 Å². The van der Waals surface area contributed by atoms with Crippen LogP contribution in [0.4, 0.5) is 10.2 Å². The Hall–Kier alpha value is -0.680. The molecule has 0 atom stereocenters. The van der Waals surface area contributed by atoms with Gasteiger partial charge in [0, 0.05) is 10.5 Å². The van der Waals surface area contributed by atoms with E-state index in [1.165, 1.54) is 6.07 Å². The van der Waals surface area contributed by atoms with Crippen molar-refractivity contribution in [3.63, 3.8) is 0 Å². The molecule has 0 amide bonds. The first-order chi connectivity index (χ1) is 4.72. The molecule has 0 aliphatic rings. The number of rotatable bonds is 1. The molecule has 0 aromatic carbocycles. The molecule has 0 aliphatic heterocycles. The lowest BCUT2D eigenvalue weighted by Gasteiger charge is -1.97. The maximum absolute atomic E-state index is 12.4. The normalized spacial score (nSPS) is 9.50. The van der Waals surface area contributed by atoms with Crippen LogP contribution in [-0.2, 0) is 0 Å². The van der Waals surface area contributed by atoms with Crippen molar-refractivity contribution in [3.05, 3.63) is 22.6 Å². The van der Waals surface area contributed by atoms with Crippen molar-refractivity contribution >= 4 is 21.7 Å². The van der Waals surface area contributed by atoms with Crippen LogP contribution in [0, 0.1) is 5.95 Å². The number of nitrogens with one attached hydrogen (secondary N) is 1. The number of aromatic nitrogens is 1. The molecule has 3 nitrogen and oxygen atoms in total. The van der Waals surface area contributed by atoms with Crippen LogP contribution in [0.25, 0.3) is 0 Å². The Balaban J connectivity index is 3.06. The number of nitrogens with two attached hydrogens (primary N) is 1. The van der Waals surface area contributed by atoms with E-state index in [4.69, 9.17) is 5.84 Å². The summed E-state index contributed by atoms with van der Waals surface area (Å²) in [6.07, 6.45) is 0. The van der Waals surface area contributed by atoms with Gasteiger partial charge in [-0.15, -0.1) is 0 Å². The zero-order valence-corrected chi connectivity index (χ0v) is 6.52. The van der Waals surface area contributed by atoms with Gasteiger partial charge in [0.2, 0.25) is 5.95 Å². The molecule has 0 spiro atoms. The van der Waals surface area contributed by atoms with Crippen molar-refractivity contribution in [1.82, 2.24) is 4.98 Å². The Morgan fingerprint density at radius 2 is 2.30 bits per heavy atom. The predicted octanol–water partition coefficient (Wildman–Crippen LogP) is 1.27. The number of nitrogen functional groups attached to an aromatic ring is 1. The van der Waals surface area contributed by atoms with Gasteiger partial charge in [-0.1, -0.05) is 15.9 Å². The summed E-state index contributed by atoms with van der Waals surface area (Å²) in [5.41, 5.74) is 2.23. The summed E-state index contributed by atoms with van der Waals surface area (Å²) in [6, 6.07) is 2.82. The minimum absolute atomic E-state index is 0.298. The van der Waals surface area contributed by atoms with Crippen LogP contribution >= 0.6 is 15.9 Å². The van der Waals surface area contributed by atoms with Gasteiger partial charge in [0.15, 0.2) is 0 Å². The van der Waals surface area contributed by atoms with Crippen LogP contribution in [0.1, 0.15) is 0 Å². The molecule has 0 saturated heterocycles. The summed E-state index contributed by atoms with van der Waals surface area (Å²) >= 11 is 3.08. The first-order valence-corrected chi connectivity index (χ1v) is 3.31. The van der Waals surface area contributed by atoms with Gasteiger partial charge in [-0.05, 0) is 6.07 Å². The Kier molecular flexibility index (Phi) is 2.18. The summed E-state index contributed by atoms with van der Waals surface area (Å²) in [5.74, 6) is 4.72. The van der Waals surface area contributed by atoms with E-state index in [2.05, 4.69) is 26.3 Å². The van der Waals surface area contributed by atoms with Gasteiger partial charge in [0.05, 0.1) is 0 Å². The van der Waals surface area contributed by atoms with Gasteiger partial charge in [-0.25, -0.2) is 10.8 Å². The third kappa shape index (κ3) is 1.65. The van der Waals surface area contributed by atoms with E-state index in [0.717, 1.165) is 0 Å². The number of pyridine rings is 1. The zero-order chi connectivity index (χ0) is 7.56. The lowest BCUT2D eigenvalue weighted by Crippen LogP contribution is -2.08. The molecule has 0 fully saturated rings. The molecule has 1 heterocycles. The highest BCUT2D eigenvalue weighted by Crippen LogP contribution is 2.13. The summed E-state index contributed by atoms with van der Waals surface area (Å²) in [6.45, 7) is 0. The van der Waals surface area contributed by atoms with Gasteiger partial charge in [-0.3, -0.25) is 0 Å². The van der Waals surface area contributed by atoms with Crippen molar-refractivity contribution in [2.75, 3.05) is 5.43 Å². The van der Waals surface area contributed by atoms with Crippen LogP contribution in [-0.4, -0.2) is 4.98 Å². The predicted molar refractivity (Wildman–Crippen MR) is 39.7 cm³/mol. The van der Waals surface area contributed by atoms with Crippen molar-refractivity contribution in [2.45, 2.75) is 0 Å². The van der Waals surface area contributed by atoms with E-state index in [-0.39, 0.29) is 0 Å². The average Bonchev–Trinajstić information content (AvgIpc) is 1.85. The lowest BCUT2D eigenvalue weighted by atomic mass is 10.5. The number of anilines is 1. The Bertz CT molecular complexity index is 220.